The molecule has 0 saturated heterocycles. The third-order valence-electron chi connectivity index (χ3n) is 4.82. The number of anilines is 1. The topological polar surface area (TPSA) is 124 Å². The fraction of sp³-hybridized carbons (Fsp3) is 0.455. The Morgan fingerprint density at radius 3 is 2.45 bits per heavy atom. The highest BCUT2D eigenvalue weighted by Crippen LogP contribution is 2.39. The average molecular weight is 433 g/mol. The van der Waals surface area contributed by atoms with Crippen molar-refractivity contribution in [2.75, 3.05) is 12.1 Å². The van der Waals surface area contributed by atoms with Crippen molar-refractivity contribution >= 4 is 17.8 Å². The number of hydrogen-bond donors (Lipinski definition) is 2. The van der Waals surface area contributed by atoms with E-state index in [0.29, 0.717) is 22.9 Å². The van der Waals surface area contributed by atoms with Crippen LogP contribution in [0.15, 0.2) is 41.0 Å². The number of benzene rings is 1. The van der Waals surface area contributed by atoms with Crippen molar-refractivity contribution in [1.29, 1.82) is 0 Å². The lowest BCUT2D eigenvalue weighted by molar-refractivity contribution is -0.191. The molecular weight excluding hydrogens is 406 g/mol. The first-order valence-corrected chi connectivity index (χ1v) is 9.83. The van der Waals surface area contributed by atoms with Gasteiger partial charge in [0, 0.05) is 18.2 Å². The monoisotopic (exact) mass is 433 g/mol. The molecule has 1 unspecified atom stereocenters. The molecule has 3 rings (SSSR count). The molecule has 1 aromatic heterocycles. The summed E-state index contributed by atoms with van der Waals surface area (Å²) in [6.07, 6.45) is 0.564. The normalized spacial score (nSPS) is 14.8. The van der Waals surface area contributed by atoms with E-state index in [-0.39, 0.29) is 31.4 Å². The Morgan fingerprint density at radius 2 is 1.87 bits per heavy atom. The van der Waals surface area contributed by atoms with Gasteiger partial charge in [-0.25, -0.2) is 4.79 Å². The van der Waals surface area contributed by atoms with Gasteiger partial charge in [-0.15, -0.1) is 0 Å². The SMILES string of the molecule is CC(C)OC(=O)C(C[C@@H](O)c1ccco1)(Nc1ccc2c(c1)OCO2)C(C)C.O=C=O. The number of carbonyl (C=O) groups excluding carboxylic acids is 3. The van der Waals surface area contributed by atoms with Gasteiger partial charge in [0.2, 0.25) is 6.79 Å². The van der Waals surface area contributed by atoms with Crippen molar-refractivity contribution in [2.24, 2.45) is 5.92 Å². The summed E-state index contributed by atoms with van der Waals surface area (Å²) in [7, 11) is 0. The van der Waals surface area contributed by atoms with Gasteiger partial charge < -0.3 is 29.1 Å². The molecule has 31 heavy (non-hydrogen) atoms. The third-order valence-corrected chi connectivity index (χ3v) is 4.82. The molecule has 0 aliphatic carbocycles. The average Bonchev–Trinajstić information content (AvgIpc) is 3.38. The Morgan fingerprint density at radius 1 is 1.19 bits per heavy atom. The van der Waals surface area contributed by atoms with Gasteiger partial charge in [-0.05, 0) is 44.0 Å². The lowest BCUT2D eigenvalue weighted by atomic mass is 9.80. The van der Waals surface area contributed by atoms with Gasteiger partial charge in [0.1, 0.15) is 17.4 Å². The number of aliphatic hydroxyl groups is 1. The van der Waals surface area contributed by atoms with Crippen molar-refractivity contribution in [3.05, 3.63) is 42.4 Å². The number of fused-ring (bicyclic) bond motifs is 1. The van der Waals surface area contributed by atoms with Crippen LogP contribution in [-0.4, -0.2) is 35.7 Å². The Balaban J connectivity index is 0.00000107. The van der Waals surface area contributed by atoms with E-state index in [0.717, 1.165) is 0 Å². The third kappa shape index (κ3) is 5.87. The molecule has 2 atom stereocenters. The number of rotatable bonds is 8. The minimum Gasteiger partial charge on any atom is -0.467 e. The predicted molar refractivity (Wildman–Crippen MR) is 108 cm³/mol. The van der Waals surface area contributed by atoms with Gasteiger partial charge in [0.05, 0.1) is 12.4 Å². The first kappa shape index (κ1) is 24.0. The number of ether oxygens (including phenoxy) is 3. The lowest BCUT2D eigenvalue weighted by Gasteiger charge is -2.38. The molecule has 9 heteroatoms. The molecule has 1 aliphatic heterocycles. The molecule has 168 valence electrons. The molecule has 2 heterocycles. The molecule has 1 aliphatic rings. The summed E-state index contributed by atoms with van der Waals surface area (Å²) in [4.78, 5) is 29.4. The molecule has 0 amide bonds. The lowest BCUT2D eigenvalue weighted by Crippen LogP contribution is -2.53. The van der Waals surface area contributed by atoms with Crippen LogP contribution in [0.5, 0.6) is 11.5 Å². The van der Waals surface area contributed by atoms with Crippen LogP contribution in [0.2, 0.25) is 0 Å². The summed E-state index contributed by atoms with van der Waals surface area (Å²) in [6.45, 7) is 7.59. The van der Waals surface area contributed by atoms with Gasteiger partial charge in [-0.1, -0.05) is 13.8 Å². The second-order valence-electron chi connectivity index (χ2n) is 7.59. The zero-order chi connectivity index (χ0) is 23.0. The maximum Gasteiger partial charge on any atom is 0.373 e. The molecule has 0 spiro atoms. The van der Waals surface area contributed by atoms with Crippen LogP contribution in [0.1, 0.15) is 46.0 Å². The number of furan rings is 1. The maximum absolute atomic E-state index is 13.2. The number of hydrogen-bond acceptors (Lipinski definition) is 9. The minimum absolute atomic E-state index is 0.0815. The number of carbonyl (C=O) groups is 1. The van der Waals surface area contributed by atoms with Crippen LogP contribution in [-0.2, 0) is 19.1 Å². The largest absolute Gasteiger partial charge is 0.467 e. The highest BCUT2D eigenvalue weighted by atomic mass is 16.7. The summed E-state index contributed by atoms with van der Waals surface area (Å²) in [6, 6.07) is 8.76. The van der Waals surface area contributed by atoms with Crippen LogP contribution in [0.3, 0.4) is 0 Å². The van der Waals surface area contributed by atoms with Gasteiger partial charge >= 0.3 is 12.1 Å². The molecule has 0 radical (unpaired) electrons. The second-order valence-corrected chi connectivity index (χ2v) is 7.59. The van der Waals surface area contributed by atoms with Crippen LogP contribution in [0.4, 0.5) is 5.69 Å². The smallest absolute Gasteiger partial charge is 0.373 e. The molecule has 1 aromatic carbocycles. The highest BCUT2D eigenvalue weighted by Gasteiger charge is 2.46. The van der Waals surface area contributed by atoms with E-state index in [4.69, 9.17) is 28.2 Å². The van der Waals surface area contributed by atoms with E-state index in [9.17, 15) is 9.90 Å². The van der Waals surface area contributed by atoms with E-state index in [1.807, 2.05) is 19.9 Å². The number of esters is 1. The molecular formula is C22H27NO8. The van der Waals surface area contributed by atoms with Crippen molar-refractivity contribution in [1.82, 2.24) is 0 Å². The van der Waals surface area contributed by atoms with Crippen molar-refractivity contribution < 1.29 is 38.1 Å². The van der Waals surface area contributed by atoms with Crippen molar-refractivity contribution in [3.8, 4) is 11.5 Å². The standard InChI is InChI=1S/C21H27NO6.CO2/c1-13(2)21(20(24)28-14(3)4,11-16(23)17-6-5-9-25-17)22-15-7-8-18-19(10-15)27-12-26-18;2-1-3/h5-10,13-14,16,22-23H,11-12H2,1-4H3;/t16-,21?;/m1./s1. The summed E-state index contributed by atoms with van der Waals surface area (Å²) in [5, 5.41) is 14.0. The Labute approximate surface area is 180 Å². The predicted octanol–water partition coefficient (Wildman–Crippen LogP) is 3.31. The Kier molecular flexibility index (Phi) is 8.24. The van der Waals surface area contributed by atoms with E-state index in [2.05, 4.69) is 5.32 Å². The van der Waals surface area contributed by atoms with Gasteiger partial charge in [-0.3, -0.25) is 0 Å². The zero-order valence-electron chi connectivity index (χ0n) is 17.9. The van der Waals surface area contributed by atoms with E-state index < -0.39 is 17.6 Å². The van der Waals surface area contributed by atoms with Gasteiger partial charge in [0.15, 0.2) is 11.5 Å². The minimum atomic E-state index is -1.18. The van der Waals surface area contributed by atoms with Gasteiger partial charge in [0.25, 0.3) is 0 Å². The Hall–Kier alpha value is -3.29. The molecule has 0 saturated carbocycles. The second kappa shape index (κ2) is 10.7. The van der Waals surface area contributed by atoms with E-state index in [1.165, 1.54) is 6.26 Å². The molecule has 0 fully saturated rings. The Bertz CT molecular complexity index is 887. The van der Waals surface area contributed by atoms with Crippen LogP contribution < -0.4 is 14.8 Å². The summed E-state index contributed by atoms with van der Waals surface area (Å²) >= 11 is 0. The highest BCUT2D eigenvalue weighted by molar-refractivity contribution is 5.85. The molecule has 9 nitrogen and oxygen atoms in total. The maximum atomic E-state index is 13.2. The van der Waals surface area contributed by atoms with Gasteiger partial charge in [-0.2, -0.15) is 9.59 Å². The first-order chi connectivity index (χ1) is 14.7. The summed E-state index contributed by atoms with van der Waals surface area (Å²) in [5.41, 5.74) is -0.505. The number of aliphatic hydroxyl groups excluding tert-OH is 1. The molecule has 0 bridgehead atoms. The molecule has 2 aromatic rings. The quantitative estimate of drug-likeness (QED) is 0.603. The summed E-state index contributed by atoms with van der Waals surface area (Å²) < 4.78 is 21.7. The van der Waals surface area contributed by atoms with E-state index in [1.54, 1.807) is 38.1 Å². The molecule has 2 N–H and O–H groups in total. The van der Waals surface area contributed by atoms with Crippen LogP contribution in [0.25, 0.3) is 0 Å². The van der Waals surface area contributed by atoms with Crippen LogP contribution in [0, 0.1) is 5.92 Å². The summed E-state index contributed by atoms with van der Waals surface area (Å²) in [5.74, 6) is 1.04. The fourth-order valence-corrected chi connectivity index (χ4v) is 3.24. The van der Waals surface area contributed by atoms with Crippen LogP contribution >= 0.6 is 0 Å². The zero-order valence-corrected chi connectivity index (χ0v) is 17.9. The van der Waals surface area contributed by atoms with E-state index >= 15 is 0 Å². The van der Waals surface area contributed by atoms with Crippen molar-refractivity contribution in [2.45, 2.75) is 51.9 Å². The van der Waals surface area contributed by atoms with Crippen molar-refractivity contribution in [3.63, 3.8) is 0 Å². The fourth-order valence-electron chi connectivity index (χ4n) is 3.24. The first-order valence-electron chi connectivity index (χ1n) is 9.83. The number of nitrogens with one attached hydrogen (secondary N) is 1.